The Bertz CT molecular complexity index is 977. The van der Waals surface area contributed by atoms with Crippen LogP contribution >= 0.6 is 11.3 Å². The highest BCUT2D eigenvalue weighted by molar-refractivity contribution is 7.13. The summed E-state index contributed by atoms with van der Waals surface area (Å²) in [5.41, 5.74) is 2.69. The van der Waals surface area contributed by atoms with Crippen molar-refractivity contribution in [2.24, 2.45) is 7.05 Å². The number of hydrogen-bond acceptors (Lipinski definition) is 4. The largest absolute Gasteiger partial charge is 0.296 e. The van der Waals surface area contributed by atoms with E-state index in [4.69, 9.17) is 0 Å². The molecule has 21 heavy (non-hydrogen) atoms. The number of aryl methyl sites for hydroxylation is 1. The first-order valence-corrected chi connectivity index (χ1v) is 7.25. The average Bonchev–Trinajstić information content (AvgIpc) is 3.18. The van der Waals surface area contributed by atoms with Gasteiger partial charge >= 0.3 is 0 Å². The molecule has 0 fully saturated rings. The zero-order chi connectivity index (χ0) is 14.4. The monoisotopic (exact) mass is 297 g/mol. The molecule has 4 rings (SSSR count). The first-order chi connectivity index (χ1) is 10.3. The summed E-state index contributed by atoms with van der Waals surface area (Å²) in [5.74, 6) is 0. The van der Waals surface area contributed by atoms with Gasteiger partial charge in [-0.25, -0.2) is 9.50 Å². The molecule has 0 aliphatic carbocycles. The van der Waals surface area contributed by atoms with Crippen LogP contribution in [0.15, 0.2) is 47.0 Å². The number of H-pyrrole nitrogens is 1. The summed E-state index contributed by atoms with van der Waals surface area (Å²) in [6.45, 7) is 0. The van der Waals surface area contributed by atoms with E-state index in [9.17, 15) is 4.79 Å². The topological polar surface area (TPSA) is 68.0 Å². The molecule has 0 radical (unpaired) electrons. The Labute approximate surface area is 123 Å². The Hall–Kier alpha value is -2.67. The number of aromatic nitrogens is 5. The van der Waals surface area contributed by atoms with Crippen LogP contribution < -0.4 is 5.56 Å². The van der Waals surface area contributed by atoms with Gasteiger partial charge < -0.3 is 0 Å². The van der Waals surface area contributed by atoms with Crippen LogP contribution in [0.3, 0.4) is 0 Å². The lowest BCUT2D eigenvalue weighted by molar-refractivity contribution is 0.772. The smallest absolute Gasteiger partial charge is 0.282 e. The zero-order valence-corrected chi connectivity index (χ0v) is 12.0. The van der Waals surface area contributed by atoms with E-state index in [1.807, 2.05) is 23.7 Å². The summed E-state index contributed by atoms with van der Waals surface area (Å²) >= 11 is 1.62. The van der Waals surface area contributed by atoms with Crippen molar-refractivity contribution in [3.8, 4) is 21.7 Å². The molecular formula is C14H11N5OS. The van der Waals surface area contributed by atoms with Crippen molar-refractivity contribution in [1.29, 1.82) is 0 Å². The third-order valence-electron chi connectivity index (χ3n) is 3.42. The maximum absolute atomic E-state index is 12.6. The Morgan fingerprint density at radius 2 is 2.19 bits per heavy atom. The van der Waals surface area contributed by atoms with E-state index in [1.165, 1.54) is 4.52 Å². The van der Waals surface area contributed by atoms with Crippen molar-refractivity contribution < 1.29 is 0 Å². The van der Waals surface area contributed by atoms with E-state index < -0.39 is 0 Å². The second-order valence-corrected chi connectivity index (χ2v) is 5.59. The normalized spacial score (nSPS) is 11.3. The van der Waals surface area contributed by atoms with Crippen molar-refractivity contribution in [2.45, 2.75) is 0 Å². The van der Waals surface area contributed by atoms with Crippen molar-refractivity contribution in [1.82, 2.24) is 24.4 Å². The molecule has 104 valence electrons. The minimum atomic E-state index is -0.133. The van der Waals surface area contributed by atoms with Crippen LogP contribution in [-0.4, -0.2) is 24.4 Å². The molecule has 0 atom stereocenters. The lowest BCUT2D eigenvalue weighted by atomic mass is 10.2. The fraction of sp³-hybridized carbons (Fsp3) is 0.0714. The van der Waals surface area contributed by atoms with Crippen LogP contribution in [0.2, 0.25) is 0 Å². The van der Waals surface area contributed by atoms with E-state index in [0.717, 1.165) is 16.1 Å². The summed E-state index contributed by atoms with van der Waals surface area (Å²) in [4.78, 5) is 18.1. The van der Waals surface area contributed by atoms with E-state index in [0.29, 0.717) is 11.2 Å². The summed E-state index contributed by atoms with van der Waals surface area (Å²) in [6.07, 6.45) is 5.08. The molecule has 0 unspecified atom stereocenters. The molecule has 4 aromatic rings. The molecule has 1 N–H and O–H groups in total. The molecule has 4 heterocycles. The van der Waals surface area contributed by atoms with Crippen LogP contribution in [0.4, 0.5) is 0 Å². The van der Waals surface area contributed by atoms with Crippen LogP contribution in [0.25, 0.3) is 27.3 Å². The number of rotatable bonds is 2. The van der Waals surface area contributed by atoms with Gasteiger partial charge in [-0.15, -0.1) is 11.3 Å². The number of aromatic amines is 1. The van der Waals surface area contributed by atoms with Crippen molar-refractivity contribution in [3.05, 3.63) is 52.5 Å². The van der Waals surface area contributed by atoms with Gasteiger partial charge in [-0.3, -0.25) is 14.6 Å². The van der Waals surface area contributed by atoms with Gasteiger partial charge in [0.15, 0.2) is 5.65 Å². The molecule has 7 heteroatoms. The molecule has 0 aliphatic rings. The number of thiophene rings is 1. The van der Waals surface area contributed by atoms with Crippen LogP contribution in [0.1, 0.15) is 0 Å². The minimum absolute atomic E-state index is 0.133. The first kappa shape index (κ1) is 12.1. The predicted octanol–water partition coefficient (Wildman–Crippen LogP) is 2.15. The third kappa shape index (κ3) is 1.74. The Morgan fingerprint density at radius 1 is 1.29 bits per heavy atom. The molecular weight excluding hydrogens is 286 g/mol. The van der Waals surface area contributed by atoms with E-state index in [-0.39, 0.29) is 5.56 Å². The molecule has 0 aromatic carbocycles. The lowest BCUT2D eigenvalue weighted by Crippen LogP contribution is -2.18. The average molecular weight is 297 g/mol. The SMILES string of the molecule is Cn1nccc1-c1cnc2c(-c3cccs3)c[nH]n2c1=O. The minimum Gasteiger partial charge on any atom is -0.296 e. The van der Waals surface area contributed by atoms with Crippen LogP contribution in [-0.2, 0) is 7.05 Å². The zero-order valence-electron chi connectivity index (χ0n) is 11.1. The van der Waals surface area contributed by atoms with Crippen LogP contribution in [0, 0.1) is 0 Å². The van der Waals surface area contributed by atoms with Crippen molar-refractivity contribution >= 4 is 17.0 Å². The van der Waals surface area contributed by atoms with Gasteiger partial charge in [0.1, 0.15) is 0 Å². The van der Waals surface area contributed by atoms with E-state index in [2.05, 4.69) is 15.2 Å². The van der Waals surface area contributed by atoms with Crippen molar-refractivity contribution in [2.75, 3.05) is 0 Å². The fourth-order valence-corrected chi connectivity index (χ4v) is 3.12. The summed E-state index contributed by atoms with van der Waals surface area (Å²) < 4.78 is 3.13. The Morgan fingerprint density at radius 3 is 2.90 bits per heavy atom. The van der Waals surface area contributed by atoms with Gasteiger partial charge in [0, 0.05) is 30.5 Å². The predicted molar refractivity (Wildman–Crippen MR) is 81.3 cm³/mol. The Balaban J connectivity index is 1.98. The quantitative estimate of drug-likeness (QED) is 0.616. The molecule has 0 amide bonds. The number of nitrogens with one attached hydrogen (secondary N) is 1. The summed E-state index contributed by atoms with van der Waals surface area (Å²) in [5, 5.41) is 9.08. The molecule has 0 bridgehead atoms. The highest BCUT2D eigenvalue weighted by atomic mass is 32.1. The number of hydrogen-bond donors (Lipinski definition) is 1. The van der Waals surface area contributed by atoms with E-state index in [1.54, 1.807) is 41.5 Å². The third-order valence-corrected chi connectivity index (χ3v) is 4.33. The van der Waals surface area contributed by atoms with Gasteiger partial charge in [0.05, 0.1) is 16.8 Å². The standard InChI is InChI=1S/C14H11N5OS/c1-18-11(4-5-16-18)9-7-15-13-10(12-3-2-6-21-12)8-17-19(13)14(9)20/h2-8,17H,1H3. The van der Waals surface area contributed by atoms with Gasteiger partial charge in [0.25, 0.3) is 5.56 Å². The lowest BCUT2D eigenvalue weighted by Gasteiger charge is -2.02. The maximum Gasteiger partial charge on any atom is 0.282 e. The molecule has 4 aromatic heterocycles. The molecule has 0 saturated carbocycles. The molecule has 0 aliphatic heterocycles. The summed E-state index contributed by atoms with van der Waals surface area (Å²) in [7, 11) is 1.80. The fourth-order valence-electron chi connectivity index (χ4n) is 2.39. The number of fused-ring (bicyclic) bond motifs is 1. The van der Waals surface area contributed by atoms with Gasteiger partial charge in [-0.1, -0.05) is 6.07 Å². The molecule has 0 spiro atoms. The van der Waals surface area contributed by atoms with Gasteiger partial charge in [-0.2, -0.15) is 5.10 Å². The van der Waals surface area contributed by atoms with Gasteiger partial charge in [0.2, 0.25) is 0 Å². The maximum atomic E-state index is 12.6. The second kappa shape index (κ2) is 4.42. The second-order valence-electron chi connectivity index (χ2n) is 4.64. The number of nitrogens with zero attached hydrogens (tertiary/aromatic N) is 4. The van der Waals surface area contributed by atoms with Gasteiger partial charge in [-0.05, 0) is 17.5 Å². The highest BCUT2D eigenvalue weighted by Gasteiger charge is 2.14. The summed E-state index contributed by atoms with van der Waals surface area (Å²) in [6, 6.07) is 5.79. The highest BCUT2D eigenvalue weighted by Crippen LogP contribution is 2.27. The van der Waals surface area contributed by atoms with Crippen molar-refractivity contribution in [3.63, 3.8) is 0 Å². The molecule has 6 nitrogen and oxygen atoms in total. The first-order valence-electron chi connectivity index (χ1n) is 6.37. The Kier molecular flexibility index (Phi) is 2.55. The van der Waals surface area contributed by atoms with E-state index >= 15 is 0 Å². The molecule has 0 saturated heterocycles. The van der Waals surface area contributed by atoms with Crippen LogP contribution in [0.5, 0.6) is 0 Å².